The van der Waals surface area contributed by atoms with Crippen molar-refractivity contribution in [2.24, 2.45) is 0 Å². The molecule has 1 aromatic carbocycles. The van der Waals surface area contributed by atoms with E-state index in [0.29, 0.717) is 13.0 Å². The maximum absolute atomic E-state index is 8.51. The third-order valence-electron chi connectivity index (χ3n) is 2.50. The molecule has 0 aliphatic heterocycles. The van der Waals surface area contributed by atoms with Gasteiger partial charge in [0.05, 0.1) is 31.6 Å². The van der Waals surface area contributed by atoms with Crippen LogP contribution in [0, 0.1) is 11.3 Å². The first kappa shape index (κ1) is 11.2. The Hall–Kier alpha value is -2.28. The van der Waals surface area contributed by atoms with Crippen molar-refractivity contribution in [3.8, 4) is 23.1 Å². The molecule has 1 aromatic heterocycles. The summed E-state index contributed by atoms with van der Waals surface area (Å²) in [7, 11) is 1.64. The fraction of sp³-hybridized carbons (Fsp3) is 0.231. The summed E-state index contributed by atoms with van der Waals surface area (Å²) in [6.07, 6.45) is 4.19. The van der Waals surface area contributed by atoms with Crippen LogP contribution in [0.1, 0.15) is 6.42 Å². The van der Waals surface area contributed by atoms with Gasteiger partial charge in [0.1, 0.15) is 5.75 Å². The second kappa shape index (κ2) is 5.17. The van der Waals surface area contributed by atoms with E-state index in [1.807, 2.05) is 35.0 Å². The van der Waals surface area contributed by atoms with Gasteiger partial charge in [-0.1, -0.05) is 0 Å². The van der Waals surface area contributed by atoms with Gasteiger partial charge in [0.2, 0.25) is 0 Å². The van der Waals surface area contributed by atoms with Crippen LogP contribution in [0.15, 0.2) is 36.8 Å². The Morgan fingerprint density at radius 2 is 2.12 bits per heavy atom. The van der Waals surface area contributed by atoms with Gasteiger partial charge < -0.3 is 9.30 Å². The van der Waals surface area contributed by atoms with Gasteiger partial charge in [0.15, 0.2) is 0 Å². The third kappa shape index (κ3) is 2.64. The highest BCUT2D eigenvalue weighted by Crippen LogP contribution is 2.20. The average Bonchev–Trinajstić information content (AvgIpc) is 2.85. The van der Waals surface area contributed by atoms with Crippen LogP contribution >= 0.6 is 0 Å². The molecular formula is C13H13N3O. The van der Waals surface area contributed by atoms with Crippen LogP contribution in [0.25, 0.3) is 11.3 Å². The van der Waals surface area contributed by atoms with Crippen molar-refractivity contribution in [1.82, 2.24) is 9.55 Å². The van der Waals surface area contributed by atoms with Crippen molar-refractivity contribution < 1.29 is 4.74 Å². The number of methoxy groups -OCH3 is 1. The van der Waals surface area contributed by atoms with Crippen LogP contribution in [0.3, 0.4) is 0 Å². The molecule has 0 unspecified atom stereocenters. The van der Waals surface area contributed by atoms with Crippen LogP contribution in [0.5, 0.6) is 5.75 Å². The van der Waals surface area contributed by atoms with Crippen molar-refractivity contribution in [1.29, 1.82) is 5.26 Å². The SMILES string of the molecule is COc1ccc(-c2cn(CCC#N)cn2)cc1. The number of aromatic nitrogens is 2. The zero-order chi connectivity index (χ0) is 12.1. The first-order valence-corrected chi connectivity index (χ1v) is 5.36. The second-order valence-electron chi connectivity index (χ2n) is 3.63. The Morgan fingerprint density at radius 1 is 1.35 bits per heavy atom. The quantitative estimate of drug-likeness (QED) is 0.806. The predicted octanol–water partition coefficient (Wildman–Crippen LogP) is 2.47. The van der Waals surface area contributed by atoms with Crippen molar-refractivity contribution >= 4 is 0 Å². The minimum atomic E-state index is 0.498. The molecule has 0 spiro atoms. The molecule has 0 aliphatic carbocycles. The number of imidazole rings is 1. The van der Waals surface area contributed by atoms with Crippen molar-refractivity contribution in [2.75, 3.05) is 7.11 Å². The third-order valence-corrected chi connectivity index (χ3v) is 2.50. The lowest BCUT2D eigenvalue weighted by molar-refractivity contribution is 0.415. The lowest BCUT2D eigenvalue weighted by atomic mass is 10.2. The van der Waals surface area contributed by atoms with E-state index in [0.717, 1.165) is 17.0 Å². The summed E-state index contributed by atoms with van der Waals surface area (Å²) in [4.78, 5) is 4.31. The lowest BCUT2D eigenvalue weighted by Crippen LogP contribution is -1.91. The van der Waals surface area contributed by atoms with Gasteiger partial charge in [-0.25, -0.2) is 4.98 Å². The van der Waals surface area contributed by atoms with Gasteiger partial charge in [-0.15, -0.1) is 0 Å². The molecule has 0 atom stereocenters. The van der Waals surface area contributed by atoms with Gasteiger partial charge in [-0.3, -0.25) is 0 Å². The van der Waals surface area contributed by atoms with Crippen molar-refractivity contribution in [2.45, 2.75) is 13.0 Å². The van der Waals surface area contributed by atoms with Crippen LogP contribution in [0.4, 0.5) is 0 Å². The smallest absolute Gasteiger partial charge is 0.118 e. The Labute approximate surface area is 100 Å². The summed E-state index contributed by atoms with van der Waals surface area (Å²) >= 11 is 0. The Bertz CT molecular complexity index is 522. The fourth-order valence-electron chi connectivity index (χ4n) is 1.57. The number of rotatable bonds is 4. The molecule has 0 amide bonds. The highest BCUT2D eigenvalue weighted by atomic mass is 16.5. The number of benzene rings is 1. The number of hydrogen-bond acceptors (Lipinski definition) is 3. The molecular weight excluding hydrogens is 214 g/mol. The van der Waals surface area contributed by atoms with Crippen LogP contribution in [-0.2, 0) is 6.54 Å². The summed E-state index contributed by atoms with van der Waals surface area (Å²) in [5.41, 5.74) is 1.95. The molecule has 4 heteroatoms. The minimum Gasteiger partial charge on any atom is -0.497 e. The Morgan fingerprint density at radius 3 is 2.76 bits per heavy atom. The summed E-state index contributed by atoms with van der Waals surface area (Å²) in [6, 6.07) is 9.86. The first-order chi connectivity index (χ1) is 8.33. The lowest BCUT2D eigenvalue weighted by Gasteiger charge is -2.00. The maximum Gasteiger partial charge on any atom is 0.118 e. The van der Waals surface area contributed by atoms with E-state index in [4.69, 9.17) is 10.00 Å². The Kier molecular flexibility index (Phi) is 3.41. The molecule has 2 rings (SSSR count). The number of aryl methyl sites for hydroxylation is 1. The van der Waals surface area contributed by atoms with E-state index in [1.165, 1.54) is 0 Å². The maximum atomic E-state index is 8.51. The fourth-order valence-corrected chi connectivity index (χ4v) is 1.57. The summed E-state index contributed by atoms with van der Waals surface area (Å²) < 4.78 is 7.02. The number of ether oxygens (including phenoxy) is 1. The largest absolute Gasteiger partial charge is 0.497 e. The molecule has 0 N–H and O–H groups in total. The molecule has 0 aliphatic rings. The van der Waals surface area contributed by atoms with Gasteiger partial charge >= 0.3 is 0 Å². The zero-order valence-corrected chi connectivity index (χ0v) is 9.63. The van der Waals surface area contributed by atoms with E-state index < -0.39 is 0 Å². The molecule has 0 saturated heterocycles. The highest BCUT2D eigenvalue weighted by molar-refractivity contribution is 5.59. The topological polar surface area (TPSA) is 50.8 Å². The summed E-state index contributed by atoms with van der Waals surface area (Å²) in [6.45, 7) is 0.680. The predicted molar refractivity (Wildman–Crippen MR) is 64.4 cm³/mol. The summed E-state index contributed by atoms with van der Waals surface area (Å²) in [5, 5.41) is 8.51. The average molecular weight is 227 g/mol. The molecule has 0 radical (unpaired) electrons. The first-order valence-electron chi connectivity index (χ1n) is 5.36. The molecule has 1 heterocycles. The van der Waals surface area contributed by atoms with Crippen LogP contribution in [-0.4, -0.2) is 16.7 Å². The normalized spacial score (nSPS) is 9.88. The van der Waals surface area contributed by atoms with Crippen molar-refractivity contribution in [3.05, 3.63) is 36.8 Å². The van der Waals surface area contributed by atoms with Crippen molar-refractivity contribution in [3.63, 3.8) is 0 Å². The monoisotopic (exact) mass is 227 g/mol. The molecule has 86 valence electrons. The molecule has 0 saturated carbocycles. The molecule has 0 bridgehead atoms. The molecule has 4 nitrogen and oxygen atoms in total. The Balaban J connectivity index is 2.16. The molecule has 17 heavy (non-hydrogen) atoms. The van der Waals surface area contributed by atoms with E-state index >= 15 is 0 Å². The van der Waals surface area contributed by atoms with Gasteiger partial charge in [0, 0.05) is 18.3 Å². The standard InChI is InChI=1S/C13H13N3O/c1-17-12-5-3-11(4-6-12)13-9-16(10-15-13)8-2-7-14/h3-6,9-10H,2,8H2,1H3. The van der Waals surface area contributed by atoms with Crippen LogP contribution < -0.4 is 4.74 Å². The van der Waals surface area contributed by atoms with E-state index in [-0.39, 0.29) is 0 Å². The number of hydrogen-bond donors (Lipinski definition) is 0. The van der Waals surface area contributed by atoms with Gasteiger partial charge in [-0.2, -0.15) is 5.26 Å². The minimum absolute atomic E-state index is 0.498. The second-order valence-corrected chi connectivity index (χ2v) is 3.63. The highest BCUT2D eigenvalue weighted by Gasteiger charge is 2.02. The zero-order valence-electron chi connectivity index (χ0n) is 9.63. The number of nitriles is 1. The van der Waals surface area contributed by atoms with Gasteiger partial charge in [0.25, 0.3) is 0 Å². The van der Waals surface area contributed by atoms with Crippen LogP contribution in [0.2, 0.25) is 0 Å². The molecule has 2 aromatic rings. The van der Waals surface area contributed by atoms with E-state index in [1.54, 1.807) is 13.4 Å². The molecule has 0 fully saturated rings. The van der Waals surface area contributed by atoms with E-state index in [2.05, 4.69) is 11.1 Å². The number of nitrogens with zero attached hydrogens (tertiary/aromatic N) is 3. The summed E-state index contributed by atoms with van der Waals surface area (Å²) in [5.74, 6) is 0.831. The van der Waals surface area contributed by atoms with E-state index in [9.17, 15) is 0 Å². The van der Waals surface area contributed by atoms with Gasteiger partial charge in [-0.05, 0) is 24.3 Å².